The molecular weight excluding hydrogens is 182 g/mol. The molecule has 1 amide bonds. The lowest BCUT2D eigenvalue weighted by Gasteiger charge is -2.10. The van der Waals surface area contributed by atoms with Gasteiger partial charge in [-0.3, -0.25) is 9.63 Å². The van der Waals surface area contributed by atoms with Crippen LogP contribution in [0.25, 0.3) is 0 Å². The van der Waals surface area contributed by atoms with Crippen LogP contribution in [-0.2, 0) is 4.84 Å². The van der Waals surface area contributed by atoms with Crippen molar-refractivity contribution in [3.8, 4) is 0 Å². The maximum atomic E-state index is 11.4. The lowest BCUT2D eigenvalue weighted by atomic mass is 10.3. The van der Waals surface area contributed by atoms with E-state index in [0.717, 1.165) is 12.8 Å². The zero-order chi connectivity index (χ0) is 9.80. The first-order chi connectivity index (χ1) is 6.86. The number of carbonyl (C=O) groups excluding carboxylic acids is 1. The SMILES string of the molecule is O=C(NOC1CCCC1)c1ccoc1. The predicted molar refractivity (Wildman–Crippen MR) is 49.5 cm³/mol. The zero-order valence-electron chi connectivity index (χ0n) is 7.86. The van der Waals surface area contributed by atoms with Crippen LogP contribution in [0.5, 0.6) is 0 Å². The molecule has 1 aromatic heterocycles. The van der Waals surface area contributed by atoms with E-state index in [1.165, 1.54) is 25.4 Å². The fraction of sp³-hybridized carbons (Fsp3) is 0.500. The van der Waals surface area contributed by atoms with Crippen molar-refractivity contribution in [3.63, 3.8) is 0 Å². The van der Waals surface area contributed by atoms with Crippen molar-refractivity contribution >= 4 is 5.91 Å². The summed E-state index contributed by atoms with van der Waals surface area (Å²) in [5, 5.41) is 0. The Balaban J connectivity index is 1.78. The maximum Gasteiger partial charge on any atom is 0.278 e. The zero-order valence-corrected chi connectivity index (χ0v) is 7.86. The van der Waals surface area contributed by atoms with Crippen LogP contribution < -0.4 is 5.48 Å². The molecule has 1 aliphatic carbocycles. The van der Waals surface area contributed by atoms with Gasteiger partial charge in [0.2, 0.25) is 0 Å². The molecule has 1 aromatic rings. The molecule has 76 valence electrons. The normalized spacial score (nSPS) is 17.1. The van der Waals surface area contributed by atoms with Gasteiger partial charge in [-0.05, 0) is 18.9 Å². The average Bonchev–Trinajstić information content (AvgIpc) is 2.87. The smallest absolute Gasteiger partial charge is 0.278 e. The lowest BCUT2D eigenvalue weighted by Crippen LogP contribution is -2.27. The Kier molecular flexibility index (Phi) is 2.84. The van der Waals surface area contributed by atoms with Crippen LogP contribution in [0.15, 0.2) is 23.0 Å². The third kappa shape index (κ3) is 2.14. The van der Waals surface area contributed by atoms with Gasteiger partial charge < -0.3 is 4.42 Å². The van der Waals surface area contributed by atoms with Crippen molar-refractivity contribution in [3.05, 3.63) is 24.2 Å². The fourth-order valence-electron chi connectivity index (χ4n) is 1.60. The van der Waals surface area contributed by atoms with Crippen LogP contribution >= 0.6 is 0 Å². The summed E-state index contributed by atoms with van der Waals surface area (Å²) in [5.41, 5.74) is 2.92. The van der Waals surface area contributed by atoms with Crippen LogP contribution in [0.3, 0.4) is 0 Å². The summed E-state index contributed by atoms with van der Waals surface area (Å²) in [4.78, 5) is 16.6. The summed E-state index contributed by atoms with van der Waals surface area (Å²) in [6.45, 7) is 0. The molecule has 4 nitrogen and oxygen atoms in total. The molecule has 0 spiro atoms. The van der Waals surface area contributed by atoms with Crippen LogP contribution in [0, 0.1) is 0 Å². The van der Waals surface area contributed by atoms with E-state index in [1.807, 2.05) is 0 Å². The molecule has 1 N–H and O–H groups in total. The topological polar surface area (TPSA) is 51.5 Å². The number of hydrogen-bond donors (Lipinski definition) is 1. The highest BCUT2D eigenvalue weighted by atomic mass is 16.7. The van der Waals surface area contributed by atoms with Crippen LogP contribution in [0.1, 0.15) is 36.0 Å². The molecule has 14 heavy (non-hydrogen) atoms. The number of nitrogens with one attached hydrogen (secondary N) is 1. The number of hydrogen-bond acceptors (Lipinski definition) is 3. The maximum absolute atomic E-state index is 11.4. The Morgan fingerprint density at radius 3 is 2.93 bits per heavy atom. The monoisotopic (exact) mass is 195 g/mol. The second-order valence-corrected chi connectivity index (χ2v) is 3.47. The molecule has 1 fully saturated rings. The van der Waals surface area contributed by atoms with Crippen LogP contribution in [0.4, 0.5) is 0 Å². The van der Waals surface area contributed by atoms with E-state index >= 15 is 0 Å². The fourth-order valence-corrected chi connectivity index (χ4v) is 1.60. The predicted octanol–water partition coefficient (Wildman–Crippen LogP) is 1.88. The highest BCUT2D eigenvalue weighted by molar-refractivity contribution is 5.92. The molecule has 0 atom stereocenters. The summed E-state index contributed by atoms with van der Waals surface area (Å²) in [7, 11) is 0. The standard InChI is InChI=1S/C10H13NO3/c12-10(8-5-6-13-7-8)11-14-9-3-1-2-4-9/h5-7,9H,1-4H2,(H,11,12). The Labute approximate surface area is 82.2 Å². The number of hydroxylamine groups is 1. The largest absolute Gasteiger partial charge is 0.472 e. The van der Waals surface area contributed by atoms with Crippen molar-refractivity contribution in [2.45, 2.75) is 31.8 Å². The average molecular weight is 195 g/mol. The van der Waals surface area contributed by atoms with Crippen LogP contribution in [-0.4, -0.2) is 12.0 Å². The van der Waals surface area contributed by atoms with Gasteiger partial charge in [-0.15, -0.1) is 0 Å². The Morgan fingerprint density at radius 1 is 1.50 bits per heavy atom. The van der Waals surface area contributed by atoms with Crippen molar-refractivity contribution in [2.24, 2.45) is 0 Å². The Morgan fingerprint density at radius 2 is 2.29 bits per heavy atom. The second kappa shape index (κ2) is 4.28. The number of rotatable bonds is 3. The Hall–Kier alpha value is -1.29. The van der Waals surface area contributed by atoms with E-state index in [2.05, 4.69) is 5.48 Å². The van der Waals surface area contributed by atoms with Crippen molar-refractivity contribution in [1.82, 2.24) is 5.48 Å². The summed E-state index contributed by atoms with van der Waals surface area (Å²) in [5.74, 6) is -0.245. The molecular formula is C10H13NO3. The van der Waals surface area contributed by atoms with E-state index in [4.69, 9.17) is 9.25 Å². The first kappa shape index (κ1) is 9.27. The van der Waals surface area contributed by atoms with Crippen molar-refractivity contribution in [2.75, 3.05) is 0 Å². The molecule has 1 saturated carbocycles. The number of amides is 1. The molecule has 0 saturated heterocycles. The molecule has 0 aromatic carbocycles. The first-order valence-corrected chi connectivity index (χ1v) is 4.84. The lowest BCUT2D eigenvalue weighted by molar-refractivity contribution is -0.0125. The molecule has 0 unspecified atom stereocenters. The summed E-state index contributed by atoms with van der Waals surface area (Å²) in [6.07, 6.45) is 7.49. The molecule has 1 aliphatic rings. The van der Waals surface area contributed by atoms with E-state index in [0.29, 0.717) is 5.56 Å². The summed E-state index contributed by atoms with van der Waals surface area (Å²) >= 11 is 0. The van der Waals surface area contributed by atoms with E-state index in [9.17, 15) is 4.79 Å². The van der Waals surface area contributed by atoms with Gasteiger partial charge in [-0.1, -0.05) is 12.8 Å². The van der Waals surface area contributed by atoms with Gasteiger partial charge in [0, 0.05) is 0 Å². The molecule has 1 heterocycles. The number of furan rings is 1. The quantitative estimate of drug-likeness (QED) is 0.749. The second-order valence-electron chi connectivity index (χ2n) is 3.47. The van der Waals surface area contributed by atoms with Gasteiger partial charge in [-0.25, -0.2) is 5.48 Å². The van der Waals surface area contributed by atoms with Gasteiger partial charge >= 0.3 is 0 Å². The number of carbonyl (C=O) groups is 1. The third-order valence-corrected chi connectivity index (χ3v) is 2.40. The first-order valence-electron chi connectivity index (χ1n) is 4.84. The van der Waals surface area contributed by atoms with Crippen molar-refractivity contribution in [1.29, 1.82) is 0 Å². The third-order valence-electron chi connectivity index (χ3n) is 2.40. The van der Waals surface area contributed by atoms with Gasteiger partial charge in [0.15, 0.2) is 0 Å². The van der Waals surface area contributed by atoms with E-state index in [1.54, 1.807) is 6.07 Å². The van der Waals surface area contributed by atoms with Crippen LogP contribution in [0.2, 0.25) is 0 Å². The van der Waals surface area contributed by atoms with Gasteiger partial charge in [0.05, 0.1) is 17.9 Å². The molecule has 0 aliphatic heterocycles. The minimum Gasteiger partial charge on any atom is -0.472 e. The highest BCUT2D eigenvalue weighted by Gasteiger charge is 2.17. The molecule has 2 rings (SSSR count). The molecule has 0 bridgehead atoms. The summed E-state index contributed by atoms with van der Waals surface area (Å²) < 4.78 is 4.79. The highest BCUT2D eigenvalue weighted by Crippen LogP contribution is 2.19. The van der Waals surface area contributed by atoms with E-state index < -0.39 is 0 Å². The Bertz CT molecular complexity index is 288. The molecule has 4 heteroatoms. The minimum atomic E-state index is -0.245. The molecule has 0 radical (unpaired) electrons. The van der Waals surface area contributed by atoms with Gasteiger partial charge in [0.1, 0.15) is 6.26 Å². The van der Waals surface area contributed by atoms with E-state index in [-0.39, 0.29) is 12.0 Å². The minimum absolute atomic E-state index is 0.186. The van der Waals surface area contributed by atoms with Gasteiger partial charge in [0.25, 0.3) is 5.91 Å². The summed E-state index contributed by atoms with van der Waals surface area (Å²) in [6, 6.07) is 1.60. The van der Waals surface area contributed by atoms with Crippen molar-refractivity contribution < 1.29 is 14.0 Å². The van der Waals surface area contributed by atoms with Gasteiger partial charge in [-0.2, -0.15) is 0 Å².